The molecule has 0 aliphatic carbocycles. The third-order valence-corrected chi connectivity index (χ3v) is 5.00. The van der Waals surface area contributed by atoms with E-state index in [-0.39, 0.29) is 11.1 Å². The molecule has 1 aliphatic heterocycles. The quantitative estimate of drug-likeness (QED) is 0.391. The molecule has 1 saturated heterocycles. The number of alkyl halides is 3. The van der Waals surface area contributed by atoms with Crippen molar-refractivity contribution in [2.45, 2.75) is 38.5 Å². The van der Waals surface area contributed by atoms with Gasteiger partial charge in [-0.1, -0.05) is 11.6 Å². The summed E-state index contributed by atoms with van der Waals surface area (Å²) in [4.78, 5) is 14.5. The van der Waals surface area contributed by atoms with E-state index in [1.165, 1.54) is 0 Å². The molecule has 2 aromatic rings. The number of guanidine groups is 1. The van der Waals surface area contributed by atoms with Gasteiger partial charge in [0.1, 0.15) is 5.82 Å². The molecule has 0 amide bonds. The normalized spacial score (nSPS) is 17.4. The molecular formula is C19H25ClF3N7. The molecule has 1 atom stereocenters. The Morgan fingerprint density at radius 3 is 2.90 bits per heavy atom. The Morgan fingerprint density at radius 2 is 2.23 bits per heavy atom. The fourth-order valence-electron chi connectivity index (χ4n) is 3.27. The summed E-state index contributed by atoms with van der Waals surface area (Å²) < 4.78 is 40.5. The lowest BCUT2D eigenvalue weighted by Crippen LogP contribution is -2.44. The molecule has 1 unspecified atom stereocenters. The largest absolute Gasteiger partial charge is 0.417 e. The number of nitrogens with zero attached hydrogens (tertiary/aromatic N) is 5. The number of halogens is 4. The highest BCUT2D eigenvalue weighted by Crippen LogP contribution is 2.34. The molecule has 164 valence electrons. The molecule has 11 heteroatoms. The third kappa shape index (κ3) is 6.01. The van der Waals surface area contributed by atoms with E-state index in [1.54, 1.807) is 12.5 Å². The molecule has 3 rings (SSSR count). The van der Waals surface area contributed by atoms with Gasteiger partial charge in [0.15, 0.2) is 5.96 Å². The molecule has 7 nitrogen and oxygen atoms in total. The molecule has 0 aromatic carbocycles. The highest BCUT2D eigenvalue weighted by Gasteiger charge is 2.33. The smallest absolute Gasteiger partial charge is 0.357 e. The lowest BCUT2D eigenvalue weighted by Gasteiger charge is -2.21. The first-order valence-corrected chi connectivity index (χ1v) is 10.2. The monoisotopic (exact) mass is 443 g/mol. The number of aryl methyl sites for hydroxylation is 1. The van der Waals surface area contributed by atoms with Gasteiger partial charge in [0.05, 0.1) is 16.9 Å². The van der Waals surface area contributed by atoms with Crippen LogP contribution < -0.4 is 15.5 Å². The van der Waals surface area contributed by atoms with Crippen molar-refractivity contribution in [3.05, 3.63) is 41.6 Å². The van der Waals surface area contributed by atoms with Gasteiger partial charge in [0.2, 0.25) is 0 Å². The molecule has 0 radical (unpaired) electrons. The number of pyridine rings is 1. The van der Waals surface area contributed by atoms with Crippen LogP contribution in [0.4, 0.5) is 19.0 Å². The van der Waals surface area contributed by atoms with Crippen LogP contribution >= 0.6 is 11.6 Å². The minimum absolute atomic E-state index is 0.00514. The van der Waals surface area contributed by atoms with Crippen LogP contribution in [0.3, 0.4) is 0 Å². The summed E-state index contributed by atoms with van der Waals surface area (Å²) >= 11 is 6.08. The highest BCUT2D eigenvalue weighted by molar-refractivity contribution is 6.33. The summed E-state index contributed by atoms with van der Waals surface area (Å²) in [6, 6.07) is 1.02. The van der Waals surface area contributed by atoms with Crippen molar-refractivity contribution in [2.24, 2.45) is 4.99 Å². The summed E-state index contributed by atoms with van der Waals surface area (Å²) in [6.07, 6.45) is 3.50. The van der Waals surface area contributed by atoms with Crippen LogP contribution in [0, 0.1) is 0 Å². The van der Waals surface area contributed by atoms with Crippen molar-refractivity contribution in [3.8, 4) is 0 Å². The number of rotatable bonds is 7. The zero-order valence-corrected chi connectivity index (χ0v) is 17.4. The van der Waals surface area contributed by atoms with Gasteiger partial charge in [-0.15, -0.1) is 0 Å². The number of anilines is 1. The van der Waals surface area contributed by atoms with Crippen LogP contribution in [0.25, 0.3) is 0 Å². The predicted octanol–water partition coefficient (Wildman–Crippen LogP) is 3.17. The van der Waals surface area contributed by atoms with Crippen LogP contribution in [0.2, 0.25) is 5.02 Å². The summed E-state index contributed by atoms with van der Waals surface area (Å²) in [5.41, 5.74) is -0.845. The van der Waals surface area contributed by atoms with E-state index >= 15 is 0 Å². The summed E-state index contributed by atoms with van der Waals surface area (Å²) in [5, 5.41) is 6.63. The lowest BCUT2D eigenvalue weighted by atomic mass is 10.2. The van der Waals surface area contributed by atoms with Gasteiger partial charge in [0.25, 0.3) is 0 Å². The Hall–Kier alpha value is -2.49. The highest BCUT2D eigenvalue weighted by atomic mass is 35.5. The van der Waals surface area contributed by atoms with E-state index in [4.69, 9.17) is 11.6 Å². The summed E-state index contributed by atoms with van der Waals surface area (Å²) in [7, 11) is 0. The molecule has 0 spiro atoms. The van der Waals surface area contributed by atoms with E-state index in [9.17, 15) is 13.2 Å². The molecular weight excluding hydrogens is 419 g/mol. The van der Waals surface area contributed by atoms with Crippen LogP contribution in [0.15, 0.2) is 36.0 Å². The molecule has 2 N–H and O–H groups in total. The fraction of sp³-hybridized carbons (Fsp3) is 0.526. The maximum absolute atomic E-state index is 12.8. The van der Waals surface area contributed by atoms with Gasteiger partial charge in [-0.05, 0) is 25.8 Å². The van der Waals surface area contributed by atoms with Gasteiger partial charge in [-0.25, -0.2) is 9.97 Å². The minimum Gasteiger partial charge on any atom is -0.357 e. The van der Waals surface area contributed by atoms with Crippen molar-refractivity contribution in [1.82, 2.24) is 25.2 Å². The van der Waals surface area contributed by atoms with Gasteiger partial charge >= 0.3 is 6.18 Å². The molecule has 1 fully saturated rings. The second kappa shape index (κ2) is 10.0. The number of hydrogen-bond acceptors (Lipinski definition) is 4. The van der Waals surface area contributed by atoms with Gasteiger partial charge in [0, 0.05) is 57.4 Å². The molecule has 30 heavy (non-hydrogen) atoms. The minimum atomic E-state index is -4.46. The van der Waals surface area contributed by atoms with Crippen molar-refractivity contribution in [2.75, 3.05) is 31.1 Å². The molecule has 1 aliphatic rings. The predicted molar refractivity (Wildman–Crippen MR) is 111 cm³/mol. The first kappa shape index (κ1) is 22.2. The van der Waals surface area contributed by atoms with Crippen LogP contribution in [0.1, 0.15) is 25.3 Å². The van der Waals surface area contributed by atoms with E-state index in [0.717, 1.165) is 44.2 Å². The number of nitrogens with one attached hydrogen (secondary N) is 2. The van der Waals surface area contributed by atoms with E-state index in [1.807, 2.05) is 22.6 Å². The van der Waals surface area contributed by atoms with Gasteiger partial charge < -0.3 is 20.1 Å². The SMILES string of the molecule is CCNC(=NCCCn1ccnc1)NC1CCN(c2ncc(C(F)(F)F)cc2Cl)C1. The van der Waals surface area contributed by atoms with Crippen molar-refractivity contribution in [1.29, 1.82) is 0 Å². The topological polar surface area (TPSA) is 70.4 Å². The molecule has 3 heterocycles. The average molecular weight is 444 g/mol. The van der Waals surface area contributed by atoms with Crippen molar-refractivity contribution >= 4 is 23.4 Å². The second-order valence-corrected chi connectivity index (χ2v) is 7.43. The van der Waals surface area contributed by atoms with Crippen molar-refractivity contribution < 1.29 is 13.2 Å². The molecule has 2 aromatic heterocycles. The number of aromatic nitrogens is 3. The van der Waals surface area contributed by atoms with Gasteiger partial charge in [-0.2, -0.15) is 13.2 Å². The van der Waals surface area contributed by atoms with E-state index in [2.05, 4.69) is 25.6 Å². The fourth-order valence-corrected chi connectivity index (χ4v) is 3.55. The third-order valence-electron chi connectivity index (χ3n) is 4.73. The van der Waals surface area contributed by atoms with Crippen LogP contribution in [-0.4, -0.2) is 52.7 Å². The number of aliphatic imine (C=N–C) groups is 1. The Kier molecular flexibility index (Phi) is 7.41. The first-order valence-electron chi connectivity index (χ1n) is 9.85. The standard InChI is InChI=1S/C19H25ClF3N7/c1-2-25-18(26-5-3-7-29-9-6-24-13-29)28-15-4-8-30(12-15)17-16(20)10-14(11-27-17)19(21,22)23/h6,9-11,13,15H,2-5,7-8,12H2,1H3,(H2,25,26,28). The van der Waals surface area contributed by atoms with E-state index < -0.39 is 11.7 Å². The van der Waals surface area contributed by atoms with E-state index in [0.29, 0.717) is 25.5 Å². The molecule has 0 bridgehead atoms. The Morgan fingerprint density at radius 1 is 1.40 bits per heavy atom. The maximum atomic E-state index is 12.8. The Balaban J connectivity index is 1.54. The van der Waals surface area contributed by atoms with Crippen LogP contribution in [-0.2, 0) is 12.7 Å². The Bertz CT molecular complexity index is 839. The Labute approximate surface area is 178 Å². The number of hydrogen-bond donors (Lipinski definition) is 2. The van der Waals surface area contributed by atoms with Gasteiger partial charge in [-0.3, -0.25) is 4.99 Å². The second-order valence-electron chi connectivity index (χ2n) is 7.02. The zero-order valence-electron chi connectivity index (χ0n) is 16.7. The maximum Gasteiger partial charge on any atom is 0.417 e. The first-order chi connectivity index (χ1) is 14.4. The lowest BCUT2D eigenvalue weighted by molar-refractivity contribution is -0.137. The average Bonchev–Trinajstić information content (AvgIpc) is 3.36. The summed E-state index contributed by atoms with van der Waals surface area (Å²) in [6.45, 7) is 5.47. The zero-order chi connectivity index (χ0) is 21.6. The van der Waals surface area contributed by atoms with Crippen molar-refractivity contribution in [3.63, 3.8) is 0 Å². The van der Waals surface area contributed by atoms with Crippen LogP contribution in [0.5, 0.6) is 0 Å². The molecule has 0 saturated carbocycles. The number of imidazole rings is 1. The summed E-state index contributed by atoms with van der Waals surface area (Å²) in [5.74, 6) is 1.10.